The predicted octanol–water partition coefficient (Wildman–Crippen LogP) is 7.22. The van der Waals surface area contributed by atoms with Gasteiger partial charge in [0.05, 0.1) is 0 Å². The molecule has 244 valence electrons. The molecule has 0 heterocycles. The molecule has 0 spiro atoms. The molecule has 2 fully saturated rings. The van der Waals surface area contributed by atoms with Crippen LogP contribution in [-0.4, -0.2) is 53.4 Å². The summed E-state index contributed by atoms with van der Waals surface area (Å²) in [6, 6.07) is 7.10. The number of aliphatic hydroxyl groups is 1. The minimum Gasteiger partial charge on any atom is -0.458 e. The van der Waals surface area contributed by atoms with E-state index in [-0.39, 0.29) is 37.8 Å². The van der Waals surface area contributed by atoms with Gasteiger partial charge in [0.1, 0.15) is 24.4 Å². The molecule has 45 heavy (non-hydrogen) atoms. The maximum Gasteiger partial charge on any atom is 0.456 e. The van der Waals surface area contributed by atoms with E-state index in [2.05, 4.69) is 11.8 Å². The number of alkyl halides is 5. The fourth-order valence-electron chi connectivity index (χ4n) is 8.21. The van der Waals surface area contributed by atoms with Crippen LogP contribution >= 0.6 is 0 Å². The van der Waals surface area contributed by atoms with Gasteiger partial charge in [0.25, 0.3) is 0 Å². The van der Waals surface area contributed by atoms with Crippen molar-refractivity contribution >= 4 is 11.8 Å². The largest absolute Gasteiger partial charge is 0.458 e. The first-order valence-electron chi connectivity index (χ1n) is 15.4. The first kappa shape index (κ1) is 33.3. The summed E-state index contributed by atoms with van der Waals surface area (Å²) in [5.41, 5.74) is -1.27. The van der Waals surface area contributed by atoms with Crippen LogP contribution in [0.4, 0.5) is 22.0 Å². The number of esters is 1. The molecular weight excluding hydrogens is 595 g/mol. The predicted molar refractivity (Wildman–Crippen MR) is 156 cm³/mol. The van der Waals surface area contributed by atoms with Gasteiger partial charge in [-0.05, 0) is 106 Å². The number of hydrogen-bond donors (Lipinski definition) is 1. The zero-order valence-electron chi connectivity index (χ0n) is 26.0. The van der Waals surface area contributed by atoms with Gasteiger partial charge in [0.2, 0.25) is 0 Å². The van der Waals surface area contributed by atoms with Gasteiger partial charge < -0.3 is 14.6 Å². The Bertz CT molecular complexity index is 1470. The normalized spacial score (nSPS) is 30.0. The molecule has 5 rings (SSSR count). The highest BCUT2D eigenvalue weighted by Gasteiger charge is 2.79. The third-order valence-electron chi connectivity index (χ3n) is 10.1. The second-order valence-corrected chi connectivity index (χ2v) is 14.0. The van der Waals surface area contributed by atoms with Crippen molar-refractivity contribution in [2.75, 3.05) is 13.2 Å². The highest BCUT2D eigenvalue weighted by atomic mass is 19.4. The lowest BCUT2D eigenvalue weighted by atomic mass is 9.50. The first-order chi connectivity index (χ1) is 20.9. The quantitative estimate of drug-likeness (QED) is 0.160. The van der Waals surface area contributed by atoms with Gasteiger partial charge in [-0.3, -0.25) is 4.79 Å². The number of halogens is 5. The number of rotatable bonds is 5. The SMILES string of the molecule is CC(C)(C)OC(=O)COCC#Cc1ccc([C@H]2C[C@@]3(C)[C@@H](CC[C@@]3(O)C(F)(F)C(F)(F)F)[C@@H]3CCC4=CC(=O)CCC4=C32)cc1. The summed E-state index contributed by atoms with van der Waals surface area (Å²) in [5.74, 6) is -1.33. The smallest absolute Gasteiger partial charge is 0.456 e. The highest BCUT2D eigenvalue weighted by molar-refractivity contribution is 5.93. The zero-order valence-corrected chi connectivity index (χ0v) is 26.0. The van der Waals surface area contributed by atoms with Crippen molar-refractivity contribution in [2.24, 2.45) is 17.3 Å². The molecule has 5 nitrogen and oxygen atoms in total. The van der Waals surface area contributed by atoms with E-state index in [1.807, 2.05) is 0 Å². The van der Waals surface area contributed by atoms with E-state index in [1.165, 1.54) is 6.92 Å². The van der Waals surface area contributed by atoms with E-state index in [0.29, 0.717) is 31.2 Å². The third-order valence-corrected chi connectivity index (χ3v) is 10.1. The lowest BCUT2D eigenvalue weighted by Crippen LogP contribution is -2.65. The minimum absolute atomic E-state index is 0.0128. The van der Waals surface area contributed by atoms with Crippen LogP contribution in [0.3, 0.4) is 0 Å². The van der Waals surface area contributed by atoms with Crippen molar-refractivity contribution in [2.45, 2.75) is 102 Å². The average Bonchev–Trinajstić information content (AvgIpc) is 3.22. The van der Waals surface area contributed by atoms with Gasteiger partial charge in [-0.1, -0.05) is 36.5 Å². The average molecular weight is 635 g/mol. The van der Waals surface area contributed by atoms with Gasteiger partial charge in [0, 0.05) is 23.3 Å². The van der Waals surface area contributed by atoms with E-state index in [4.69, 9.17) is 9.47 Å². The van der Waals surface area contributed by atoms with Crippen molar-refractivity contribution in [3.8, 4) is 11.8 Å². The summed E-state index contributed by atoms with van der Waals surface area (Å²) in [4.78, 5) is 24.0. The Labute approximate surface area is 260 Å². The molecule has 0 aliphatic heterocycles. The maximum atomic E-state index is 15.2. The summed E-state index contributed by atoms with van der Waals surface area (Å²) in [5, 5.41) is 11.4. The number of ether oxygens (including phenoxy) is 2. The minimum atomic E-state index is -5.89. The van der Waals surface area contributed by atoms with Crippen molar-refractivity contribution in [1.29, 1.82) is 0 Å². The molecule has 0 bridgehead atoms. The topological polar surface area (TPSA) is 72.8 Å². The number of hydrogen-bond acceptors (Lipinski definition) is 5. The van der Waals surface area contributed by atoms with E-state index < -0.39 is 52.9 Å². The van der Waals surface area contributed by atoms with E-state index in [9.17, 15) is 27.9 Å². The fourth-order valence-corrected chi connectivity index (χ4v) is 8.21. The summed E-state index contributed by atoms with van der Waals surface area (Å²) in [6.45, 7) is 6.41. The first-order valence-corrected chi connectivity index (χ1v) is 15.4. The molecular formula is C35H39F5O5. The van der Waals surface area contributed by atoms with Gasteiger partial charge in [-0.2, -0.15) is 22.0 Å². The number of carbonyl (C=O) groups excluding carboxylic acids is 2. The molecule has 10 heteroatoms. The highest BCUT2D eigenvalue weighted by Crippen LogP contribution is 2.70. The Balaban J connectivity index is 1.45. The van der Waals surface area contributed by atoms with E-state index >= 15 is 8.78 Å². The monoisotopic (exact) mass is 634 g/mol. The molecule has 4 aliphatic carbocycles. The molecule has 5 atom stereocenters. The van der Waals surface area contributed by atoms with Crippen molar-refractivity contribution < 1.29 is 46.1 Å². The number of carbonyl (C=O) groups is 2. The Kier molecular flexibility index (Phi) is 8.63. The Morgan fingerprint density at radius 3 is 2.38 bits per heavy atom. The molecule has 2 saturated carbocycles. The summed E-state index contributed by atoms with van der Waals surface area (Å²) in [6.07, 6.45) is -3.00. The van der Waals surface area contributed by atoms with E-state index in [0.717, 1.165) is 22.3 Å². The Morgan fingerprint density at radius 2 is 1.73 bits per heavy atom. The van der Waals surface area contributed by atoms with Crippen LogP contribution in [0.25, 0.3) is 0 Å². The molecule has 0 saturated heterocycles. The molecule has 1 aromatic rings. The lowest BCUT2D eigenvalue weighted by Gasteiger charge is -2.56. The zero-order chi connectivity index (χ0) is 33.0. The molecule has 0 radical (unpaired) electrons. The standard InChI is InChI=1S/C35H39F5O5/c1-31(2,3)45-29(42)20-44-17-5-6-21-7-9-22(10-8-21)27-19-32(4)28(15-16-33(32,43)34(36,37)35(38,39)40)26-13-11-23-18-24(41)12-14-25(23)30(26)27/h7-10,18,26-28,43H,11-17,19-20H2,1-4H3/t26-,27+,28-,32-,33-/m0/s1. The second kappa shape index (κ2) is 11.6. The molecule has 0 aromatic heterocycles. The van der Waals surface area contributed by atoms with Gasteiger partial charge in [-0.15, -0.1) is 0 Å². The summed E-state index contributed by atoms with van der Waals surface area (Å²) < 4.78 is 82.1. The van der Waals surface area contributed by atoms with Crippen LogP contribution in [0.2, 0.25) is 0 Å². The van der Waals surface area contributed by atoms with Crippen LogP contribution in [-0.2, 0) is 19.1 Å². The lowest BCUT2D eigenvalue weighted by molar-refractivity contribution is -0.362. The molecule has 1 N–H and O–H groups in total. The van der Waals surface area contributed by atoms with Crippen molar-refractivity contribution in [3.63, 3.8) is 0 Å². The van der Waals surface area contributed by atoms with Gasteiger partial charge >= 0.3 is 18.1 Å². The number of benzene rings is 1. The third kappa shape index (κ3) is 5.98. The molecule has 1 aromatic carbocycles. The number of ketones is 1. The Morgan fingerprint density at radius 1 is 1.04 bits per heavy atom. The fraction of sp³-hybridized carbons (Fsp3) is 0.600. The Hall–Kier alpha value is -3.03. The van der Waals surface area contributed by atoms with Crippen LogP contribution < -0.4 is 0 Å². The number of fused-ring (bicyclic) bond motifs is 4. The summed E-state index contributed by atoms with van der Waals surface area (Å²) >= 11 is 0. The van der Waals surface area contributed by atoms with Crippen LogP contribution in [0, 0.1) is 29.1 Å². The van der Waals surface area contributed by atoms with Crippen LogP contribution in [0.5, 0.6) is 0 Å². The van der Waals surface area contributed by atoms with Gasteiger partial charge in [-0.25, -0.2) is 4.79 Å². The summed E-state index contributed by atoms with van der Waals surface area (Å²) in [7, 11) is 0. The number of allylic oxidation sites excluding steroid dienone is 4. The second-order valence-electron chi connectivity index (χ2n) is 14.0. The van der Waals surface area contributed by atoms with Crippen LogP contribution in [0.15, 0.2) is 47.1 Å². The molecule has 0 unspecified atom stereocenters. The van der Waals surface area contributed by atoms with Gasteiger partial charge in [0.15, 0.2) is 5.78 Å². The van der Waals surface area contributed by atoms with Crippen LogP contribution in [0.1, 0.15) is 89.7 Å². The molecule has 4 aliphatic rings. The van der Waals surface area contributed by atoms with Crippen molar-refractivity contribution in [1.82, 2.24) is 0 Å². The molecule has 0 amide bonds. The van der Waals surface area contributed by atoms with Crippen molar-refractivity contribution in [3.05, 3.63) is 58.2 Å². The maximum absolute atomic E-state index is 15.2. The van der Waals surface area contributed by atoms with E-state index in [1.54, 1.807) is 51.1 Å².